The Morgan fingerprint density at radius 3 is 2.43 bits per heavy atom. The second-order valence-electron chi connectivity index (χ2n) is 8.02. The van der Waals surface area contributed by atoms with Gasteiger partial charge in [0.2, 0.25) is 0 Å². The van der Waals surface area contributed by atoms with Gasteiger partial charge in [-0.05, 0) is 13.8 Å². The molecule has 35 heavy (non-hydrogen) atoms. The first kappa shape index (κ1) is 28.3. The molecule has 7 N–H and O–H groups in total. The highest BCUT2D eigenvalue weighted by Gasteiger charge is 2.50. The number of rotatable bonds is 9. The minimum atomic E-state index is -5.44. The maximum absolute atomic E-state index is 12.1. The molecule has 0 aliphatic carbocycles. The molecule has 19 heteroatoms. The Balaban J connectivity index is 1.58. The van der Waals surface area contributed by atoms with E-state index in [9.17, 15) is 48.9 Å². The molecule has 0 aromatic carbocycles. The molecule has 17 nitrogen and oxygen atoms in total. The molecule has 0 bridgehead atoms. The molecule has 0 amide bonds. The maximum Gasteiger partial charge on any atom is 0.483 e. The van der Waals surface area contributed by atoms with Crippen LogP contribution >= 0.6 is 15.6 Å². The summed E-state index contributed by atoms with van der Waals surface area (Å²) < 4.78 is 48.9. The van der Waals surface area contributed by atoms with Crippen LogP contribution in [0.5, 0.6) is 0 Å². The summed E-state index contributed by atoms with van der Waals surface area (Å²) in [6, 6.07) is 0. The number of phosphoric acid groups is 2. The number of aromatic nitrogens is 2. The van der Waals surface area contributed by atoms with E-state index >= 15 is 0 Å². The van der Waals surface area contributed by atoms with E-state index < -0.39 is 82.6 Å². The molecule has 0 saturated carbocycles. The molecule has 3 heterocycles. The van der Waals surface area contributed by atoms with Crippen molar-refractivity contribution in [1.29, 1.82) is 0 Å². The van der Waals surface area contributed by atoms with Gasteiger partial charge in [0, 0.05) is 18.2 Å². The Bertz CT molecular complexity index is 1120. The van der Waals surface area contributed by atoms with Gasteiger partial charge in [-0.2, -0.15) is 4.31 Å². The van der Waals surface area contributed by atoms with E-state index in [1.54, 1.807) is 0 Å². The highest BCUT2D eigenvalue weighted by atomic mass is 31.3. The summed E-state index contributed by atoms with van der Waals surface area (Å²) in [4.78, 5) is 45.1. The average Bonchev–Trinajstić information content (AvgIpc) is 3.22. The molecule has 3 unspecified atom stereocenters. The first-order valence-corrected chi connectivity index (χ1v) is 13.1. The number of hydrogen-bond acceptors (Lipinski definition) is 13. The molecule has 1 aromatic heterocycles. The zero-order valence-electron chi connectivity index (χ0n) is 18.3. The molecule has 0 spiro atoms. The molecule has 0 radical (unpaired) electrons. The summed E-state index contributed by atoms with van der Waals surface area (Å²) >= 11 is 0. The van der Waals surface area contributed by atoms with Crippen LogP contribution in [0.15, 0.2) is 15.8 Å². The largest absolute Gasteiger partial charge is 0.483 e. The Kier molecular flexibility index (Phi) is 8.56. The summed E-state index contributed by atoms with van der Waals surface area (Å²) in [7, 11) is -10.8. The number of aryl methyl sites for hydroxylation is 1. The Labute approximate surface area is 196 Å². The summed E-state index contributed by atoms with van der Waals surface area (Å²) in [6.07, 6.45) is -10.8. The van der Waals surface area contributed by atoms with Crippen molar-refractivity contribution in [2.45, 2.75) is 69.4 Å². The predicted molar refractivity (Wildman–Crippen MR) is 111 cm³/mol. The highest BCUT2D eigenvalue weighted by Crippen LogP contribution is 2.61. The van der Waals surface area contributed by atoms with E-state index in [1.165, 1.54) is 20.0 Å². The number of H-pyrrole nitrogens is 1. The highest BCUT2D eigenvalue weighted by molar-refractivity contribution is 7.61. The van der Waals surface area contributed by atoms with Gasteiger partial charge in [0.1, 0.15) is 30.6 Å². The van der Waals surface area contributed by atoms with Crippen LogP contribution in [0, 0.1) is 6.92 Å². The molecule has 10 atom stereocenters. The smallest absolute Gasteiger partial charge is 0.391 e. The van der Waals surface area contributed by atoms with Gasteiger partial charge in [-0.25, -0.2) is 13.9 Å². The lowest BCUT2D eigenvalue weighted by molar-refractivity contribution is -0.136. The lowest BCUT2D eigenvalue weighted by Gasteiger charge is -2.22. The third-order valence-corrected chi connectivity index (χ3v) is 7.84. The Hall–Kier alpha value is -1.30. The number of aliphatic hydroxyl groups excluding tert-OH is 4. The summed E-state index contributed by atoms with van der Waals surface area (Å²) in [5.74, 6) is 0. The maximum atomic E-state index is 12.1. The second-order valence-corrected chi connectivity index (χ2v) is 11.0. The Morgan fingerprint density at radius 1 is 1.17 bits per heavy atom. The van der Waals surface area contributed by atoms with Gasteiger partial charge < -0.3 is 39.7 Å². The fourth-order valence-electron chi connectivity index (χ4n) is 3.47. The zero-order chi connectivity index (χ0) is 26.3. The van der Waals surface area contributed by atoms with Gasteiger partial charge in [0.05, 0.1) is 18.8 Å². The van der Waals surface area contributed by atoms with Gasteiger partial charge in [0.25, 0.3) is 5.56 Å². The van der Waals surface area contributed by atoms with Crippen LogP contribution in [0.4, 0.5) is 0 Å². The van der Waals surface area contributed by atoms with E-state index in [0.29, 0.717) is 0 Å². The fraction of sp³-hybridized carbons (Fsp3) is 0.750. The molecule has 2 aliphatic heterocycles. The van der Waals surface area contributed by atoms with Gasteiger partial charge in [-0.3, -0.25) is 23.4 Å². The van der Waals surface area contributed by atoms with Crippen LogP contribution in [-0.2, 0) is 32.0 Å². The number of nitrogens with one attached hydrogen (secondary N) is 1. The fourth-order valence-corrected chi connectivity index (χ4v) is 5.62. The number of phosphoric ester groups is 2. The van der Waals surface area contributed by atoms with Crippen LogP contribution in [0.25, 0.3) is 0 Å². The first-order chi connectivity index (χ1) is 16.1. The second kappa shape index (κ2) is 10.6. The zero-order valence-corrected chi connectivity index (χ0v) is 20.1. The predicted octanol–water partition coefficient (Wildman–Crippen LogP) is -2.43. The monoisotopic (exact) mass is 548 g/mol. The molecule has 2 saturated heterocycles. The Morgan fingerprint density at radius 2 is 1.83 bits per heavy atom. The number of nitrogens with zero attached hydrogens (tertiary/aromatic N) is 1. The van der Waals surface area contributed by atoms with Crippen LogP contribution in [0.3, 0.4) is 0 Å². The van der Waals surface area contributed by atoms with Crippen molar-refractivity contribution in [1.82, 2.24) is 9.55 Å². The van der Waals surface area contributed by atoms with E-state index in [0.717, 1.165) is 4.57 Å². The van der Waals surface area contributed by atoms with Crippen molar-refractivity contribution in [2.75, 3.05) is 6.61 Å². The number of ether oxygens (including phenoxy) is 2. The van der Waals surface area contributed by atoms with E-state index in [2.05, 4.69) is 18.3 Å². The summed E-state index contributed by atoms with van der Waals surface area (Å²) in [5, 5.41) is 39.3. The van der Waals surface area contributed by atoms with Crippen molar-refractivity contribution in [2.24, 2.45) is 0 Å². The first-order valence-electron chi connectivity index (χ1n) is 10.2. The van der Waals surface area contributed by atoms with Crippen LogP contribution < -0.4 is 11.2 Å². The third kappa shape index (κ3) is 6.72. The van der Waals surface area contributed by atoms with Crippen molar-refractivity contribution < 1.29 is 62.2 Å². The topological polar surface area (TPSA) is 257 Å². The quantitative estimate of drug-likeness (QED) is 0.158. The van der Waals surface area contributed by atoms with E-state index in [-0.39, 0.29) is 12.0 Å². The SMILES string of the molecule is Cc1cn([C@H]2C[C@H](O)[C@@H](COP(=O)(O)OP(=O)(O)O[C@@H]3O[C@@H](C(C)O)[C@H](O)[C@H]3O)O2)c(=O)[nH]c1=O. The third-order valence-electron chi connectivity index (χ3n) is 5.24. The molecule has 2 fully saturated rings. The van der Waals surface area contributed by atoms with Crippen LogP contribution in [-0.4, -0.2) is 89.3 Å². The molecule has 200 valence electrons. The van der Waals surface area contributed by atoms with E-state index in [4.69, 9.17) is 9.47 Å². The minimum Gasteiger partial charge on any atom is -0.391 e. The van der Waals surface area contributed by atoms with Crippen LogP contribution in [0.2, 0.25) is 0 Å². The number of aromatic amines is 1. The standard InChI is InChI=1S/C16H26N2O15P2/c1-6-4-18(16(24)17-14(6)23)10-3-8(20)9(30-10)5-29-34(25,26)33-35(27,28)32-15-12(22)11(21)13(31-15)7(2)19/h4,7-13,15,19-22H,3,5H2,1-2H3,(H,25,26)(H,27,28)(H,17,23,24)/t7?,8-,9+,10+,11+,12+,13-,15-/m0/s1. The van der Waals surface area contributed by atoms with Crippen molar-refractivity contribution in [3.63, 3.8) is 0 Å². The van der Waals surface area contributed by atoms with Gasteiger partial charge in [0.15, 0.2) is 6.29 Å². The van der Waals surface area contributed by atoms with Crippen molar-refractivity contribution in [3.8, 4) is 0 Å². The number of hydrogen-bond donors (Lipinski definition) is 7. The van der Waals surface area contributed by atoms with Crippen LogP contribution in [0.1, 0.15) is 25.1 Å². The lowest BCUT2D eigenvalue weighted by atomic mass is 10.1. The molecule has 3 rings (SSSR count). The molecule has 1 aromatic rings. The van der Waals surface area contributed by atoms with Gasteiger partial charge >= 0.3 is 21.3 Å². The van der Waals surface area contributed by atoms with Crippen molar-refractivity contribution in [3.05, 3.63) is 32.6 Å². The van der Waals surface area contributed by atoms with Gasteiger partial charge in [-0.1, -0.05) is 0 Å². The van der Waals surface area contributed by atoms with Crippen molar-refractivity contribution >= 4 is 15.6 Å². The van der Waals surface area contributed by atoms with Gasteiger partial charge in [-0.15, -0.1) is 0 Å². The minimum absolute atomic E-state index is 0.151. The normalized spacial score (nSPS) is 35.5. The lowest BCUT2D eigenvalue weighted by Crippen LogP contribution is -2.37. The number of aliphatic hydroxyl groups is 4. The molecule has 2 aliphatic rings. The molecular weight excluding hydrogens is 522 g/mol. The summed E-state index contributed by atoms with van der Waals surface area (Å²) in [6.45, 7) is 1.83. The van der Waals surface area contributed by atoms with E-state index in [1.807, 2.05) is 0 Å². The average molecular weight is 548 g/mol. The summed E-state index contributed by atoms with van der Waals surface area (Å²) in [5.41, 5.74) is -1.23. The molecular formula is C16H26N2O15P2.